The standard InChI is InChI=1S/C14H9BrF2N2S/c1-7-2-4-9(16)13(12(7)17)19-11-5-3-8(15)6-10(11)18-14(19)20/h2-6H,1H3,(H,18,20). The van der Waals surface area contributed by atoms with Crippen molar-refractivity contribution in [1.82, 2.24) is 9.55 Å². The third-order valence-electron chi connectivity index (χ3n) is 3.13. The molecule has 2 nitrogen and oxygen atoms in total. The first-order valence-corrected chi connectivity index (χ1v) is 7.04. The van der Waals surface area contributed by atoms with Gasteiger partial charge >= 0.3 is 0 Å². The number of rotatable bonds is 1. The molecule has 1 heterocycles. The van der Waals surface area contributed by atoms with Gasteiger partial charge in [0, 0.05) is 4.47 Å². The average molecular weight is 355 g/mol. The van der Waals surface area contributed by atoms with Gasteiger partial charge in [0.15, 0.2) is 10.6 Å². The fourth-order valence-corrected chi connectivity index (χ4v) is 2.81. The van der Waals surface area contributed by atoms with Crippen molar-refractivity contribution in [2.24, 2.45) is 0 Å². The molecule has 0 aliphatic heterocycles. The monoisotopic (exact) mass is 354 g/mol. The summed E-state index contributed by atoms with van der Waals surface area (Å²) in [5.74, 6) is -1.25. The summed E-state index contributed by atoms with van der Waals surface area (Å²) in [4.78, 5) is 2.95. The quantitative estimate of drug-likeness (QED) is 0.607. The molecule has 0 atom stereocenters. The molecule has 1 aromatic heterocycles. The van der Waals surface area contributed by atoms with Crippen LogP contribution in [0.1, 0.15) is 5.56 Å². The summed E-state index contributed by atoms with van der Waals surface area (Å²) >= 11 is 8.55. The highest BCUT2D eigenvalue weighted by molar-refractivity contribution is 9.10. The van der Waals surface area contributed by atoms with Gasteiger partial charge in [-0.05, 0) is 49.0 Å². The van der Waals surface area contributed by atoms with Gasteiger partial charge < -0.3 is 4.98 Å². The Morgan fingerprint density at radius 3 is 2.70 bits per heavy atom. The number of nitrogens with zero attached hydrogens (tertiary/aromatic N) is 1. The first-order chi connectivity index (χ1) is 9.49. The number of benzene rings is 2. The van der Waals surface area contributed by atoms with Crippen molar-refractivity contribution in [2.45, 2.75) is 6.92 Å². The summed E-state index contributed by atoms with van der Waals surface area (Å²) in [6.07, 6.45) is 0. The summed E-state index contributed by atoms with van der Waals surface area (Å²) in [6.45, 7) is 1.59. The molecule has 6 heteroatoms. The molecule has 0 saturated carbocycles. The van der Waals surface area contributed by atoms with Crippen molar-refractivity contribution in [1.29, 1.82) is 0 Å². The normalized spacial score (nSPS) is 11.2. The van der Waals surface area contributed by atoms with E-state index in [0.29, 0.717) is 16.6 Å². The maximum absolute atomic E-state index is 14.3. The average Bonchev–Trinajstić information content (AvgIpc) is 2.70. The van der Waals surface area contributed by atoms with Crippen LogP contribution in [0.4, 0.5) is 8.78 Å². The number of halogens is 3. The number of aromatic nitrogens is 2. The molecule has 20 heavy (non-hydrogen) atoms. The van der Waals surface area contributed by atoms with Crippen LogP contribution in [0.3, 0.4) is 0 Å². The lowest BCUT2D eigenvalue weighted by Crippen LogP contribution is -2.03. The minimum atomic E-state index is -0.645. The topological polar surface area (TPSA) is 20.7 Å². The molecule has 2 aromatic carbocycles. The highest BCUT2D eigenvalue weighted by Crippen LogP contribution is 2.27. The molecule has 0 radical (unpaired) electrons. The molecule has 0 unspecified atom stereocenters. The Morgan fingerprint density at radius 2 is 1.95 bits per heavy atom. The molecule has 1 N–H and O–H groups in total. The lowest BCUT2D eigenvalue weighted by atomic mass is 10.2. The third-order valence-corrected chi connectivity index (χ3v) is 3.91. The van der Waals surface area contributed by atoms with Crippen molar-refractivity contribution < 1.29 is 8.78 Å². The second-order valence-corrected chi connectivity index (χ2v) is 5.76. The van der Waals surface area contributed by atoms with Crippen molar-refractivity contribution in [3.63, 3.8) is 0 Å². The van der Waals surface area contributed by atoms with E-state index in [2.05, 4.69) is 20.9 Å². The summed E-state index contributed by atoms with van der Waals surface area (Å²) in [5.41, 5.74) is 1.56. The van der Waals surface area contributed by atoms with Crippen molar-refractivity contribution in [3.05, 3.63) is 56.8 Å². The van der Waals surface area contributed by atoms with Crippen LogP contribution in [-0.4, -0.2) is 9.55 Å². The van der Waals surface area contributed by atoms with Gasteiger partial charge in [-0.25, -0.2) is 8.78 Å². The zero-order chi connectivity index (χ0) is 14.4. The predicted octanol–water partition coefficient (Wildman–Crippen LogP) is 5.04. The van der Waals surface area contributed by atoms with Gasteiger partial charge in [0.1, 0.15) is 11.5 Å². The van der Waals surface area contributed by atoms with E-state index in [-0.39, 0.29) is 10.5 Å². The predicted molar refractivity (Wildman–Crippen MR) is 80.8 cm³/mol. The van der Waals surface area contributed by atoms with E-state index in [1.54, 1.807) is 19.1 Å². The molecule has 0 spiro atoms. The Bertz CT molecular complexity index is 883. The van der Waals surface area contributed by atoms with E-state index >= 15 is 0 Å². The summed E-state index contributed by atoms with van der Waals surface area (Å²) < 4.78 is 30.8. The van der Waals surface area contributed by atoms with Crippen LogP contribution in [0, 0.1) is 23.3 Å². The number of nitrogens with one attached hydrogen (secondary N) is 1. The van der Waals surface area contributed by atoms with Gasteiger partial charge in [-0.3, -0.25) is 4.57 Å². The maximum atomic E-state index is 14.3. The van der Waals surface area contributed by atoms with E-state index in [4.69, 9.17) is 12.2 Å². The highest BCUT2D eigenvalue weighted by atomic mass is 79.9. The number of hydrogen-bond donors (Lipinski definition) is 1. The second-order valence-electron chi connectivity index (χ2n) is 4.45. The molecular formula is C14H9BrF2N2S. The summed E-state index contributed by atoms with van der Waals surface area (Å²) in [6, 6.07) is 8.02. The Kier molecular flexibility index (Phi) is 3.22. The third kappa shape index (κ3) is 1.99. The Hall–Kier alpha value is -1.53. The van der Waals surface area contributed by atoms with Crippen molar-refractivity contribution in [2.75, 3.05) is 0 Å². The minimum absolute atomic E-state index is 0.149. The molecule has 102 valence electrons. The van der Waals surface area contributed by atoms with Gasteiger partial charge in [0.05, 0.1) is 11.0 Å². The van der Waals surface area contributed by atoms with Crippen LogP contribution in [-0.2, 0) is 0 Å². The van der Waals surface area contributed by atoms with Crippen molar-refractivity contribution >= 4 is 39.2 Å². The molecule has 0 saturated heterocycles. The largest absolute Gasteiger partial charge is 0.330 e. The van der Waals surface area contributed by atoms with Crippen LogP contribution >= 0.6 is 28.1 Å². The molecule has 0 aliphatic rings. The number of hydrogen-bond acceptors (Lipinski definition) is 1. The van der Waals surface area contributed by atoms with E-state index in [9.17, 15) is 8.78 Å². The first-order valence-electron chi connectivity index (χ1n) is 5.84. The van der Waals surface area contributed by atoms with Crippen LogP contribution < -0.4 is 0 Å². The lowest BCUT2D eigenvalue weighted by Gasteiger charge is -2.09. The zero-order valence-electron chi connectivity index (χ0n) is 10.4. The minimum Gasteiger partial charge on any atom is -0.330 e. The van der Waals surface area contributed by atoms with E-state index in [1.165, 1.54) is 16.7 Å². The van der Waals surface area contributed by atoms with E-state index < -0.39 is 11.6 Å². The molecule has 3 rings (SSSR count). The van der Waals surface area contributed by atoms with Gasteiger partial charge in [0.25, 0.3) is 0 Å². The number of fused-ring (bicyclic) bond motifs is 1. The van der Waals surface area contributed by atoms with Gasteiger partial charge in [0.2, 0.25) is 0 Å². The fourth-order valence-electron chi connectivity index (χ4n) is 2.15. The molecule has 0 bridgehead atoms. The van der Waals surface area contributed by atoms with E-state index in [1.807, 2.05) is 6.07 Å². The lowest BCUT2D eigenvalue weighted by molar-refractivity contribution is 0.564. The molecule has 0 fully saturated rings. The molecule has 0 amide bonds. The van der Waals surface area contributed by atoms with Crippen molar-refractivity contribution in [3.8, 4) is 5.69 Å². The van der Waals surface area contributed by atoms with Gasteiger partial charge in [-0.1, -0.05) is 22.0 Å². The summed E-state index contributed by atoms with van der Waals surface area (Å²) in [5, 5.41) is 0. The maximum Gasteiger partial charge on any atom is 0.182 e. The molecular weight excluding hydrogens is 346 g/mol. The number of imidazole rings is 1. The van der Waals surface area contributed by atoms with Gasteiger partial charge in [-0.15, -0.1) is 0 Å². The molecule has 3 aromatic rings. The van der Waals surface area contributed by atoms with Crippen LogP contribution in [0.15, 0.2) is 34.8 Å². The zero-order valence-corrected chi connectivity index (χ0v) is 12.8. The number of aromatic amines is 1. The van der Waals surface area contributed by atoms with Gasteiger partial charge in [-0.2, -0.15) is 0 Å². The smallest absolute Gasteiger partial charge is 0.182 e. The van der Waals surface area contributed by atoms with Crippen LogP contribution in [0.25, 0.3) is 16.7 Å². The second kappa shape index (κ2) is 4.79. The Morgan fingerprint density at radius 1 is 1.20 bits per heavy atom. The van der Waals surface area contributed by atoms with E-state index in [0.717, 1.165) is 4.47 Å². The SMILES string of the molecule is Cc1ccc(F)c(-n2c(=S)[nH]c3cc(Br)ccc32)c1F. The van der Waals surface area contributed by atoms with Crippen LogP contribution in [0.2, 0.25) is 0 Å². The number of H-pyrrole nitrogens is 1. The Balaban J connectivity index is 2.44. The first kappa shape index (κ1) is 13.5. The summed E-state index contributed by atoms with van der Waals surface area (Å²) in [7, 11) is 0. The van der Waals surface area contributed by atoms with Crippen LogP contribution in [0.5, 0.6) is 0 Å². The highest BCUT2D eigenvalue weighted by Gasteiger charge is 2.17. The Labute approximate surface area is 127 Å². The fraction of sp³-hybridized carbons (Fsp3) is 0.0714. The molecule has 0 aliphatic carbocycles. The number of aryl methyl sites for hydroxylation is 1.